The Morgan fingerprint density at radius 2 is 1.73 bits per heavy atom. The van der Waals surface area contributed by atoms with Crippen LogP contribution in [0.15, 0.2) is 63.5 Å². The van der Waals surface area contributed by atoms with E-state index in [1.54, 1.807) is 23.6 Å². The number of benzene rings is 2. The number of hydrogen-bond donors (Lipinski definition) is 1. The highest BCUT2D eigenvalue weighted by atomic mass is 32.1. The first-order valence-electron chi connectivity index (χ1n) is 9.53. The summed E-state index contributed by atoms with van der Waals surface area (Å²) in [7, 11) is 0. The van der Waals surface area contributed by atoms with Crippen LogP contribution in [0.1, 0.15) is 16.7 Å². The minimum Gasteiger partial charge on any atom is -0.325 e. The Balaban J connectivity index is 1.79. The summed E-state index contributed by atoms with van der Waals surface area (Å²) in [5.74, 6) is -0.331. The van der Waals surface area contributed by atoms with Crippen LogP contribution in [0.5, 0.6) is 0 Å². The summed E-state index contributed by atoms with van der Waals surface area (Å²) in [5, 5.41) is 4.60. The molecule has 2 aromatic heterocycles. The fraction of sp³-hybridized carbons (Fsp3) is 0.174. The number of rotatable bonds is 4. The predicted molar refractivity (Wildman–Crippen MR) is 121 cm³/mol. The van der Waals surface area contributed by atoms with Crippen LogP contribution >= 0.6 is 11.3 Å². The van der Waals surface area contributed by atoms with Gasteiger partial charge < -0.3 is 5.32 Å². The lowest BCUT2D eigenvalue weighted by atomic mass is 10.1. The quantitative estimate of drug-likeness (QED) is 0.547. The van der Waals surface area contributed by atoms with Gasteiger partial charge in [0.15, 0.2) is 0 Å². The second-order valence-corrected chi connectivity index (χ2v) is 8.19. The Hall–Kier alpha value is -3.45. The van der Waals surface area contributed by atoms with Gasteiger partial charge in [-0.3, -0.25) is 14.2 Å². The molecule has 152 valence electrons. The van der Waals surface area contributed by atoms with Gasteiger partial charge in [0.1, 0.15) is 11.2 Å². The van der Waals surface area contributed by atoms with Gasteiger partial charge in [0, 0.05) is 5.69 Å². The minimum atomic E-state index is -0.532. The molecule has 7 heteroatoms. The number of aromatic nitrogens is 2. The molecule has 30 heavy (non-hydrogen) atoms. The molecule has 0 unspecified atom stereocenters. The van der Waals surface area contributed by atoms with Crippen molar-refractivity contribution in [3.8, 4) is 5.69 Å². The summed E-state index contributed by atoms with van der Waals surface area (Å²) in [5.41, 5.74) is 3.76. The van der Waals surface area contributed by atoms with Crippen LogP contribution in [-0.4, -0.2) is 15.0 Å². The summed E-state index contributed by atoms with van der Waals surface area (Å²) >= 11 is 1.26. The number of anilines is 1. The van der Waals surface area contributed by atoms with Crippen molar-refractivity contribution in [1.82, 2.24) is 9.13 Å². The second-order valence-electron chi connectivity index (χ2n) is 7.28. The smallest absolute Gasteiger partial charge is 0.325 e. The van der Waals surface area contributed by atoms with Crippen LogP contribution in [0.4, 0.5) is 5.69 Å². The van der Waals surface area contributed by atoms with E-state index < -0.39 is 5.69 Å². The van der Waals surface area contributed by atoms with Crippen molar-refractivity contribution in [3.63, 3.8) is 0 Å². The van der Waals surface area contributed by atoms with Crippen molar-refractivity contribution in [2.45, 2.75) is 27.3 Å². The van der Waals surface area contributed by atoms with E-state index in [2.05, 4.69) is 5.32 Å². The van der Waals surface area contributed by atoms with Crippen LogP contribution < -0.4 is 16.6 Å². The Bertz CT molecular complexity index is 1400. The third-order valence-corrected chi connectivity index (χ3v) is 6.10. The zero-order chi connectivity index (χ0) is 21.4. The zero-order valence-electron chi connectivity index (χ0n) is 16.9. The second kappa shape index (κ2) is 7.76. The summed E-state index contributed by atoms with van der Waals surface area (Å²) in [4.78, 5) is 39.1. The summed E-state index contributed by atoms with van der Waals surface area (Å²) in [6.45, 7) is 5.63. The van der Waals surface area contributed by atoms with Crippen molar-refractivity contribution >= 4 is 33.1 Å². The molecule has 0 bridgehead atoms. The van der Waals surface area contributed by atoms with Crippen LogP contribution in [-0.2, 0) is 11.3 Å². The highest BCUT2D eigenvalue weighted by molar-refractivity contribution is 7.17. The third-order valence-electron chi connectivity index (χ3n) is 5.20. The van der Waals surface area contributed by atoms with Gasteiger partial charge in [0.25, 0.3) is 5.56 Å². The molecule has 0 fully saturated rings. The maximum absolute atomic E-state index is 13.3. The molecule has 0 saturated carbocycles. The van der Waals surface area contributed by atoms with E-state index in [1.807, 2.05) is 51.1 Å². The van der Waals surface area contributed by atoms with Crippen LogP contribution in [0.3, 0.4) is 0 Å². The van der Waals surface area contributed by atoms with Gasteiger partial charge in [-0.05, 0) is 67.1 Å². The van der Waals surface area contributed by atoms with Gasteiger partial charge in [0.2, 0.25) is 5.91 Å². The van der Waals surface area contributed by atoms with Crippen molar-refractivity contribution in [1.29, 1.82) is 0 Å². The lowest BCUT2D eigenvalue weighted by Gasteiger charge is -2.14. The SMILES string of the molecule is Cc1ccc(NC(=O)Cn2c(=O)n(-c3ccccc3C)c(=O)c3sccc32)cc1C. The van der Waals surface area contributed by atoms with E-state index >= 15 is 0 Å². The highest BCUT2D eigenvalue weighted by Crippen LogP contribution is 2.18. The fourth-order valence-corrected chi connectivity index (χ4v) is 4.25. The largest absolute Gasteiger partial charge is 0.336 e. The van der Waals surface area contributed by atoms with Gasteiger partial charge in [-0.15, -0.1) is 11.3 Å². The molecule has 0 atom stereocenters. The molecule has 2 heterocycles. The minimum absolute atomic E-state index is 0.189. The average molecular weight is 420 g/mol. The molecule has 0 spiro atoms. The molecule has 0 aliphatic rings. The topological polar surface area (TPSA) is 73.1 Å². The van der Waals surface area contributed by atoms with Crippen molar-refractivity contribution in [3.05, 3.63) is 91.4 Å². The van der Waals surface area contributed by atoms with E-state index in [1.165, 1.54) is 15.9 Å². The zero-order valence-corrected chi connectivity index (χ0v) is 17.7. The fourth-order valence-electron chi connectivity index (χ4n) is 3.43. The standard InChI is InChI=1S/C23H21N3O3S/c1-14-8-9-17(12-16(14)3)24-20(27)13-25-19-10-11-30-21(19)22(28)26(23(25)29)18-7-5-4-6-15(18)2/h4-12H,13H2,1-3H3,(H,24,27). The Kier molecular flexibility index (Phi) is 5.13. The molecule has 0 aliphatic carbocycles. The molecule has 4 rings (SSSR count). The molecule has 0 saturated heterocycles. The van der Waals surface area contributed by atoms with Gasteiger partial charge in [0.05, 0.1) is 11.2 Å². The summed E-state index contributed by atoms with van der Waals surface area (Å²) < 4.78 is 2.95. The van der Waals surface area contributed by atoms with Crippen molar-refractivity contribution < 1.29 is 4.79 Å². The molecule has 1 N–H and O–H groups in total. The van der Waals surface area contributed by atoms with Crippen LogP contribution in [0, 0.1) is 20.8 Å². The molecular formula is C23H21N3O3S. The van der Waals surface area contributed by atoms with E-state index in [0.29, 0.717) is 21.6 Å². The van der Waals surface area contributed by atoms with Crippen LogP contribution in [0.2, 0.25) is 0 Å². The maximum atomic E-state index is 13.3. The van der Waals surface area contributed by atoms with Gasteiger partial charge in [-0.2, -0.15) is 0 Å². The Labute approximate surface area is 177 Å². The van der Waals surface area contributed by atoms with Crippen molar-refractivity contribution in [2.24, 2.45) is 0 Å². The first-order chi connectivity index (χ1) is 14.4. The first kappa shape index (κ1) is 19.8. The predicted octanol–water partition coefficient (Wildman–Crippen LogP) is 3.78. The number of hydrogen-bond acceptors (Lipinski definition) is 4. The number of nitrogens with zero attached hydrogens (tertiary/aromatic N) is 2. The molecule has 0 radical (unpaired) electrons. The number of thiophene rings is 1. The number of aryl methyl sites for hydroxylation is 3. The lowest BCUT2D eigenvalue weighted by Crippen LogP contribution is -2.40. The summed E-state index contributed by atoms with van der Waals surface area (Å²) in [6.07, 6.45) is 0. The number of carbonyl (C=O) groups is 1. The lowest BCUT2D eigenvalue weighted by molar-refractivity contribution is -0.116. The van der Waals surface area contributed by atoms with E-state index in [9.17, 15) is 14.4 Å². The number of carbonyl (C=O) groups excluding carboxylic acids is 1. The molecule has 6 nitrogen and oxygen atoms in total. The van der Waals surface area contributed by atoms with E-state index in [-0.39, 0.29) is 18.0 Å². The number of fused-ring (bicyclic) bond motifs is 1. The number of amides is 1. The molecule has 2 aromatic carbocycles. The van der Waals surface area contributed by atoms with Crippen molar-refractivity contribution in [2.75, 3.05) is 5.32 Å². The number of para-hydroxylation sites is 1. The number of nitrogens with one attached hydrogen (secondary N) is 1. The molecule has 4 aromatic rings. The normalized spacial score (nSPS) is 11.0. The summed E-state index contributed by atoms with van der Waals surface area (Å²) in [6, 6.07) is 14.6. The Morgan fingerprint density at radius 1 is 0.967 bits per heavy atom. The average Bonchev–Trinajstić information content (AvgIpc) is 3.20. The maximum Gasteiger partial charge on any atom is 0.336 e. The van der Waals surface area contributed by atoms with Gasteiger partial charge >= 0.3 is 5.69 Å². The first-order valence-corrected chi connectivity index (χ1v) is 10.4. The molecular weight excluding hydrogens is 398 g/mol. The Morgan fingerprint density at radius 3 is 2.47 bits per heavy atom. The monoisotopic (exact) mass is 419 g/mol. The van der Waals surface area contributed by atoms with E-state index in [0.717, 1.165) is 21.3 Å². The highest BCUT2D eigenvalue weighted by Gasteiger charge is 2.18. The molecule has 0 aliphatic heterocycles. The van der Waals surface area contributed by atoms with Crippen LogP contribution in [0.25, 0.3) is 15.9 Å². The van der Waals surface area contributed by atoms with E-state index in [4.69, 9.17) is 0 Å². The van der Waals surface area contributed by atoms with Gasteiger partial charge in [-0.1, -0.05) is 24.3 Å². The third kappa shape index (κ3) is 3.48. The molecule has 1 amide bonds. The van der Waals surface area contributed by atoms with Gasteiger partial charge in [-0.25, -0.2) is 9.36 Å².